The molecule has 1 heterocycles. The number of carbonyl (C=O) groups is 1. The fourth-order valence-corrected chi connectivity index (χ4v) is 2.29. The lowest BCUT2D eigenvalue weighted by Gasteiger charge is -2.19. The van der Waals surface area contributed by atoms with Gasteiger partial charge in [-0.1, -0.05) is 13.8 Å². The molecule has 0 spiro atoms. The smallest absolute Gasteiger partial charge is 0.236 e. The molecule has 15 heavy (non-hydrogen) atoms. The van der Waals surface area contributed by atoms with Crippen molar-refractivity contribution in [3.8, 4) is 0 Å². The maximum absolute atomic E-state index is 11.8. The number of rotatable bonds is 4. The van der Waals surface area contributed by atoms with Crippen LogP contribution in [0, 0.1) is 11.8 Å². The van der Waals surface area contributed by atoms with E-state index in [9.17, 15) is 4.79 Å². The number of hydrogen-bond donors (Lipinski definition) is 0. The molecule has 1 rings (SSSR count). The topological polar surface area (TPSA) is 23.6 Å². The largest absolute Gasteiger partial charge is 0.341 e. The molecule has 1 saturated heterocycles. The summed E-state index contributed by atoms with van der Waals surface area (Å²) in [5, 5.41) is 0. The van der Waals surface area contributed by atoms with Crippen molar-refractivity contribution in [2.75, 3.05) is 33.7 Å². The number of likely N-dealkylation sites (tertiary alicyclic amines) is 1. The lowest BCUT2D eigenvalue weighted by atomic mass is 9.97. The van der Waals surface area contributed by atoms with E-state index in [1.54, 1.807) is 0 Å². The maximum Gasteiger partial charge on any atom is 0.236 e. The molecule has 0 saturated carbocycles. The molecular formula is C12H24N2O. The SMILES string of the molecule is CC(C)CC1CCN(C(=O)CN(C)C)C1. The zero-order valence-electron chi connectivity index (χ0n) is 10.5. The monoisotopic (exact) mass is 212 g/mol. The third kappa shape index (κ3) is 4.20. The Balaban J connectivity index is 2.32. The van der Waals surface area contributed by atoms with E-state index in [1.165, 1.54) is 12.8 Å². The van der Waals surface area contributed by atoms with Gasteiger partial charge in [0.1, 0.15) is 0 Å². The summed E-state index contributed by atoms with van der Waals surface area (Å²) in [6, 6.07) is 0. The van der Waals surface area contributed by atoms with Gasteiger partial charge in [0, 0.05) is 13.1 Å². The van der Waals surface area contributed by atoms with E-state index in [1.807, 2.05) is 23.9 Å². The molecule has 88 valence electrons. The molecule has 3 heteroatoms. The van der Waals surface area contributed by atoms with Crippen LogP contribution < -0.4 is 0 Å². The van der Waals surface area contributed by atoms with E-state index in [0.717, 1.165) is 24.9 Å². The lowest BCUT2D eigenvalue weighted by molar-refractivity contribution is -0.130. The summed E-state index contributed by atoms with van der Waals surface area (Å²) in [5.74, 6) is 1.77. The van der Waals surface area contributed by atoms with E-state index >= 15 is 0 Å². The van der Waals surface area contributed by atoms with Crippen molar-refractivity contribution in [3.63, 3.8) is 0 Å². The first-order valence-corrected chi connectivity index (χ1v) is 5.91. The van der Waals surface area contributed by atoms with Crippen LogP contribution in [0.2, 0.25) is 0 Å². The third-order valence-corrected chi connectivity index (χ3v) is 2.89. The Bertz CT molecular complexity index is 214. The Morgan fingerprint density at radius 1 is 1.47 bits per heavy atom. The minimum Gasteiger partial charge on any atom is -0.341 e. The van der Waals surface area contributed by atoms with E-state index in [-0.39, 0.29) is 5.91 Å². The molecule has 0 aliphatic carbocycles. The summed E-state index contributed by atoms with van der Waals surface area (Å²) >= 11 is 0. The minimum atomic E-state index is 0.284. The highest BCUT2D eigenvalue weighted by Gasteiger charge is 2.26. The Morgan fingerprint density at radius 3 is 2.67 bits per heavy atom. The third-order valence-electron chi connectivity index (χ3n) is 2.89. The molecule has 1 amide bonds. The molecule has 0 N–H and O–H groups in total. The van der Waals surface area contributed by atoms with Gasteiger partial charge in [-0.15, -0.1) is 0 Å². The Morgan fingerprint density at radius 2 is 2.13 bits per heavy atom. The van der Waals surface area contributed by atoms with Crippen LogP contribution in [0.4, 0.5) is 0 Å². The van der Waals surface area contributed by atoms with Crippen LogP contribution in [-0.2, 0) is 4.79 Å². The highest BCUT2D eigenvalue weighted by Crippen LogP contribution is 2.23. The molecule has 1 atom stereocenters. The predicted molar refractivity (Wildman–Crippen MR) is 62.7 cm³/mol. The Kier molecular flexibility index (Phi) is 4.58. The van der Waals surface area contributed by atoms with Gasteiger partial charge in [0.15, 0.2) is 0 Å². The lowest BCUT2D eigenvalue weighted by Crippen LogP contribution is -2.36. The van der Waals surface area contributed by atoms with Gasteiger partial charge in [-0.25, -0.2) is 0 Å². The molecular weight excluding hydrogens is 188 g/mol. The van der Waals surface area contributed by atoms with E-state index in [0.29, 0.717) is 6.54 Å². The summed E-state index contributed by atoms with van der Waals surface area (Å²) in [7, 11) is 3.89. The van der Waals surface area contributed by atoms with Crippen molar-refractivity contribution >= 4 is 5.91 Å². The van der Waals surface area contributed by atoms with Gasteiger partial charge in [-0.3, -0.25) is 4.79 Å². The normalized spacial score (nSPS) is 21.7. The Hall–Kier alpha value is -0.570. The maximum atomic E-state index is 11.8. The van der Waals surface area contributed by atoms with Crippen LogP contribution >= 0.6 is 0 Å². The van der Waals surface area contributed by atoms with Crippen molar-refractivity contribution in [1.82, 2.24) is 9.80 Å². The molecule has 0 bridgehead atoms. The zero-order chi connectivity index (χ0) is 11.4. The fraction of sp³-hybridized carbons (Fsp3) is 0.917. The molecule has 1 aliphatic rings. The molecule has 3 nitrogen and oxygen atoms in total. The molecule has 0 aromatic rings. The summed E-state index contributed by atoms with van der Waals surface area (Å²) in [6.45, 7) is 7.00. The van der Waals surface area contributed by atoms with Crippen molar-refractivity contribution in [1.29, 1.82) is 0 Å². The van der Waals surface area contributed by atoms with Crippen molar-refractivity contribution < 1.29 is 4.79 Å². The number of likely N-dealkylation sites (N-methyl/N-ethyl adjacent to an activating group) is 1. The standard InChI is InChI=1S/C12H24N2O/c1-10(2)7-11-5-6-14(8-11)12(15)9-13(3)4/h10-11H,5-9H2,1-4H3. The second-order valence-electron chi connectivity index (χ2n) is 5.36. The minimum absolute atomic E-state index is 0.284. The first-order chi connectivity index (χ1) is 6.99. The van der Waals surface area contributed by atoms with Crippen LogP contribution in [0.15, 0.2) is 0 Å². The van der Waals surface area contributed by atoms with Gasteiger partial charge < -0.3 is 9.80 Å². The number of hydrogen-bond acceptors (Lipinski definition) is 2. The second kappa shape index (κ2) is 5.50. The van der Waals surface area contributed by atoms with Crippen LogP contribution in [0.5, 0.6) is 0 Å². The van der Waals surface area contributed by atoms with Crippen LogP contribution in [0.3, 0.4) is 0 Å². The van der Waals surface area contributed by atoms with E-state index < -0.39 is 0 Å². The average molecular weight is 212 g/mol. The summed E-state index contributed by atoms with van der Waals surface area (Å²) in [4.78, 5) is 15.7. The summed E-state index contributed by atoms with van der Waals surface area (Å²) < 4.78 is 0. The highest BCUT2D eigenvalue weighted by molar-refractivity contribution is 5.78. The molecule has 0 radical (unpaired) electrons. The van der Waals surface area contributed by atoms with Crippen molar-refractivity contribution in [2.24, 2.45) is 11.8 Å². The first kappa shape index (κ1) is 12.5. The molecule has 1 fully saturated rings. The van der Waals surface area contributed by atoms with Crippen LogP contribution in [-0.4, -0.2) is 49.4 Å². The molecule has 1 unspecified atom stereocenters. The fourth-order valence-electron chi connectivity index (χ4n) is 2.29. The average Bonchev–Trinajstić information content (AvgIpc) is 2.50. The highest BCUT2D eigenvalue weighted by atomic mass is 16.2. The van der Waals surface area contributed by atoms with Gasteiger partial charge in [0.2, 0.25) is 5.91 Å². The Labute approximate surface area is 93.4 Å². The van der Waals surface area contributed by atoms with Gasteiger partial charge in [0.25, 0.3) is 0 Å². The quantitative estimate of drug-likeness (QED) is 0.704. The number of carbonyl (C=O) groups excluding carboxylic acids is 1. The summed E-state index contributed by atoms with van der Waals surface area (Å²) in [6.07, 6.45) is 2.45. The summed E-state index contributed by atoms with van der Waals surface area (Å²) in [5.41, 5.74) is 0. The second-order valence-corrected chi connectivity index (χ2v) is 5.36. The zero-order valence-corrected chi connectivity index (χ0v) is 10.5. The van der Waals surface area contributed by atoms with Gasteiger partial charge >= 0.3 is 0 Å². The van der Waals surface area contributed by atoms with Crippen LogP contribution in [0.25, 0.3) is 0 Å². The molecule has 1 aliphatic heterocycles. The molecule has 0 aromatic carbocycles. The van der Waals surface area contributed by atoms with Gasteiger partial charge in [-0.2, -0.15) is 0 Å². The van der Waals surface area contributed by atoms with E-state index in [2.05, 4.69) is 13.8 Å². The van der Waals surface area contributed by atoms with Crippen molar-refractivity contribution in [3.05, 3.63) is 0 Å². The number of amides is 1. The molecule has 0 aromatic heterocycles. The predicted octanol–water partition coefficient (Wildman–Crippen LogP) is 1.44. The first-order valence-electron chi connectivity index (χ1n) is 5.91. The van der Waals surface area contributed by atoms with Crippen LogP contribution in [0.1, 0.15) is 26.7 Å². The van der Waals surface area contributed by atoms with E-state index in [4.69, 9.17) is 0 Å². The van der Waals surface area contributed by atoms with Gasteiger partial charge in [0.05, 0.1) is 6.54 Å². The van der Waals surface area contributed by atoms with Gasteiger partial charge in [-0.05, 0) is 38.8 Å². The number of nitrogens with zero attached hydrogens (tertiary/aromatic N) is 2. The van der Waals surface area contributed by atoms with Crippen molar-refractivity contribution in [2.45, 2.75) is 26.7 Å².